The minimum atomic E-state index is 1.20. The van der Waals surface area contributed by atoms with Crippen LogP contribution in [0.4, 0.5) is 0 Å². The van der Waals surface area contributed by atoms with Gasteiger partial charge in [0.1, 0.15) is 0 Å². The largest absolute Gasteiger partial charge is 0.103 e. The Labute approximate surface area is 117 Å². The number of unbranched alkanes of at least 4 members (excludes halogenated alkanes) is 5. The molecule has 0 aliphatic heterocycles. The van der Waals surface area contributed by atoms with Crippen molar-refractivity contribution >= 4 is 0 Å². The lowest BCUT2D eigenvalue weighted by molar-refractivity contribution is 0.638. The topological polar surface area (TPSA) is 0 Å². The number of allylic oxidation sites excluding steroid dienone is 4. The average Bonchev–Trinajstić information content (AvgIpc) is 2.32. The van der Waals surface area contributed by atoms with E-state index >= 15 is 0 Å². The second-order valence-corrected chi connectivity index (χ2v) is 3.72. The van der Waals surface area contributed by atoms with Crippen LogP contribution in [0, 0.1) is 0 Å². The van der Waals surface area contributed by atoms with Crippen LogP contribution in [-0.4, -0.2) is 0 Å². The summed E-state index contributed by atoms with van der Waals surface area (Å²) < 4.78 is 0. The van der Waals surface area contributed by atoms with Gasteiger partial charge in [-0.25, -0.2) is 0 Å². The maximum Gasteiger partial charge on any atom is -0.0353 e. The van der Waals surface area contributed by atoms with Crippen LogP contribution in [0.3, 0.4) is 0 Å². The van der Waals surface area contributed by atoms with Gasteiger partial charge >= 0.3 is 0 Å². The number of hydrogen-bond acceptors (Lipinski definition) is 0. The first kappa shape index (κ1) is 25.7. The summed E-state index contributed by atoms with van der Waals surface area (Å²) in [5.74, 6) is 0. The second kappa shape index (κ2) is 44.5. The Kier molecular flexibility index (Phi) is 63.6. The molecule has 0 saturated heterocycles. The van der Waals surface area contributed by atoms with Gasteiger partial charge < -0.3 is 0 Å². The van der Waals surface area contributed by atoms with Crippen molar-refractivity contribution in [1.82, 2.24) is 0 Å². The van der Waals surface area contributed by atoms with Gasteiger partial charge in [0.25, 0.3) is 0 Å². The first-order chi connectivity index (χ1) is 8.66. The van der Waals surface area contributed by atoms with Gasteiger partial charge in [0, 0.05) is 0 Å². The van der Waals surface area contributed by atoms with Crippen LogP contribution in [0.25, 0.3) is 0 Å². The standard InChI is InChI=1S/C9H18.3C3H6/c1-3-5-7-9-8-6-4-2;3*1-3-2/h3H,1,4-9H2,2H3;3*3H,1H2,2H3. The third kappa shape index (κ3) is 119. The Morgan fingerprint density at radius 1 is 0.667 bits per heavy atom. The monoisotopic (exact) mass is 252 g/mol. The zero-order valence-corrected chi connectivity index (χ0v) is 13.4. The molecule has 0 aromatic rings. The van der Waals surface area contributed by atoms with Gasteiger partial charge in [0.2, 0.25) is 0 Å². The van der Waals surface area contributed by atoms with Gasteiger partial charge in [-0.05, 0) is 33.6 Å². The summed E-state index contributed by atoms with van der Waals surface area (Å²) in [6.45, 7) is 21.7. The van der Waals surface area contributed by atoms with E-state index in [2.05, 4.69) is 33.2 Å². The molecule has 0 aliphatic carbocycles. The van der Waals surface area contributed by atoms with Crippen molar-refractivity contribution in [3.05, 3.63) is 50.6 Å². The Hall–Kier alpha value is -1.04. The summed E-state index contributed by atoms with van der Waals surface area (Å²) in [6.07, 6.45) is 15.3. The zero-order chi connectivity index (χ0) is 15.1. The molecule has 0 rings (SSSR count). The van der Waals surface area contributed by atoms with Crippen molar-refractivity contribution in [3.63, 3.8) is 0 Å². The molecule has 0 spiro atoms. The SMILES string of the molecule is C=CC.C=CC.C=CC.C=CCCCCCCC. The highest BCUT2D eigenvalue weighted by Gasteiger charge is 1.84. The summed E-state index contributed by atoms with van der Waals surface area (Å²) in [4.78, 5) is 0. The minimum Gasteiger partial charge on any atom is -0.103 e. The van der Waals surface area contributed by atoms with E-state index in [1.54, 1.807) is 18.2 Å². The lowest BCUT2D eigenvalue weighted by atomic mass is 10.1. The van der Waals surface area contributed by atoms with Gasteiger partial charge in [0.05, 0.1) is 0 Å². The van der Waals surface area contributed by atoms with Crippen molar-refractivity contribution in [1.29, 1.82) is 0 Å². The molecule has 0 atom stereocenters. The predicted octanol–water partition coefficient (Wildman–Crippen LogP) is 7.11. The average molecular weight is 252 g/mol. The molecule has 0 N–H and O–H groups in total. The molecule has 0 aliphatic rings. The molecule has 0 bridgehead atoms. The van der Waals surface area contributed by atoms with Crippen LogP contribution in [0.2, 0.25) is 0 Å². The van der Waals surface area contributed by atoms with E-state index < -0.39 is 0 Å². The van der Waals surface area contributed by atoms with Gasteiger partial charge in [0.15, 0.2) is 0 Å². The molecule has 0 fully saturated rings. The molecular formula is C18H36. The van der Waals surface area contributed by atoms with Crippen molar-refractivity contribution in [2.24, 2.45) is 0 Å². The van der Waals surface area contributed by atoms with Crippen LogP contribution in [0.1, 0.15) is 66.2 Å². The lowest BCUT2D eigenvalue weighted by Gasteiger charge is -1.94. The van der Waals surface area contributed by atoms with E-state index in [0.29, 0.717) is 0 Å². The van der Waals surface area contributed by atoms with E-state index in [-0.39, 0.29) is 0 Å². The van der Waals surface area contributed by atoms with Gasteiger partial charge in [-0.1, -0.05) is 56.9 Å². The maximum atomic E-state index is 3.68. The fourth-order valence-electron chi connectivity index (χ4n) is 0.892. The molecule has 0 nitrogen and oxygen atoms in total. The highest BCUT2D eigenvalue weighted by atomic mass is 13.9. The number of rotatable bonds is 6. The summed E-state index contributed by atoms with van der Waals surface area (Å²) in [5, 5.41) is 0. The maximum absolute atomic E-state index is 3.68. The highest BCUT2D eigenvalue weighted by Crippen LogP contribution is 2.04. The first-order valence-electron chi connectivity index (χ1n) is 6.98. The van der Waals surface area contributed by atoms with Gasteiger partial charge in [-0.15, -0.1) is 26.3 Å². The fraction of sp³-hybridized carbons (Fsp3) is 0.556. The molecule has 0 aromatic heterocycles. The first-order valence-corrected chi connectivity index (χ1v) is 6.98. The van der Waals surface area contributed by atoms with Gasteiger partial charge in [-0.3, -0.25) is 0 Å². The third-order valence-electron chi connectivity index (χ3n) is 1.51. The lowest BCUT2D eigenvalue weighted by Crippen LogP contribution is -1.74. The smallest absolute Gasteiger partial charge is 0.0353 e. The van der Waals surface area contributed by atoms with Crippen molar-refractivity contribution in [2.45, 2.75) is 66.2 Å². The Morgan fingerprint density at radius 3 is 1.28 bits per heavy atom. The minimum absolute atomic E-state index is 1.20. The normalized spacial score (nSPS) is 6.89. The van der Waals surface area contributed by atoms with Gasteiger partial charge in [-0.2, -0.15) is 0 Å². The van der Waals surface area contributed by atoms with Crippen LogP contribution < -0.4 is 0 Å². The number of hydrogen-bond donors (Lipinski definition) is 0. The molecule has 0 radical (unpaired) electrons. The molecule has 0 heteroatoms. The van der Waals surface area contributed by atoms with Crippen LogP contribution in [0.5, 0.6) is 0 Å². The zero-order valence-electron chi connectivity index (χ0n) is 13.4. The molecule has 0 aromatic carbocycles. The Morgan fingerprint density at radius 2 is 1.00 bits per heavy atom. The van der Waals surface area contributed by atoms with E-state index in [1.807, 2.05) is 26.8 Å². The summed E-state index contributed by atoms with van der Waals surface area (Å²) in [6, 6.07) is 0. The summed E-state index contributed by atoms with van der Waals surface area (Å²) in [7, 11) is 0. The van der Waals surface area contributed by atoms with Crippen LogP contribution in [-0.2, 0) is 0 Å². The molecule has 0 heterocycles. The van der Waals surface area contributed by atoms with E-state index in [0.717, 1.165) is 0 Å². The highest BCUT2D eigenvalue weighted by molar-refractivity contribution is 4.65. The van der Waals surface area contributed by atoms with E-state index in [4.69, 9.17) is 0 Å². The molecule has 108 valence electrons. The van der Waals surface area contributed by atoms with Crippen LogP contribution >= 0.6 is 0 Å². The quantitative estimate of drug-likeness (QED) is 0.349. The molecular weight excluding hydrogens is 216 g/mol. The van der Waals surface area contributed by atoms with Crippen molar-refractivity contribution < 1.29 is 0 Å². The summed E-state index contributed by atoms with van der Waals surface area (Å²) >= 11 is 0. The summed E-state index contributed by atoms with van der Waals surface area (Å²) in [5.41, 5.74) is 0. The van der Waals surface area contributed by atoms with Crippen molar-refractivity contribution in [3.8, 4) is 0 Å². The second-order valence-electron chi connectivity index (χ2n) is 3.72. The third-order valence-corrected chi connectivity index (χ3v) is 1.51. The van der Waals surface area contributed by atoms with E-state index in [9.17, 15) is 0 Å². The predicted molar refractivity (Wildman–Crippen MR) is 91.2 cm³/mol. The van der Waals surface area contributed by atoms with Crippen LogP contribution in [0.15, 0.2) is 50.6 Å². The molecule has 18 heavy (non-hydrogen) atoms. The van der Waals surface area contributed by atoms with Crippen molar-refractivity contribution in [2.75, 3.05) is 0 Å². The fourth-order valence-corrected chi connectivity index (χ4v) is 0.892. The molecule has 0 saturated carbocycles. The van der Waals surface area contributed by atoms with E-state index in [1.165, 1.54) is 38.5 Å². The molecule has 0 unspecified atom stereocenters. The Balaban J connectivity index is -0.0000000902. The molecule has 0 amide bonds. The Bertz CT molecular complexity index is 128.